The Labute approximate surface area is 110 Å². The monoisotopic (exact) mass is 252 g/mol. The number of aromatic amines is 1. The Kier molecular flexibility index (Phi) is 2.45. The van der Waals surface area contributed by atoms with Crippen LogP contribution in [0, 0.1) is 0 Å². The molecule has 0 amide bonds. The second kappa shape index (κ2) is 4.02. The summed E-state index contributed by atoms with van der Waals surface area (Å²) in [5.74, 6) is -0.0954. The largest absolute Gasteiger partial charge is 0.347 e. The third kappa shape index (κ3) is 1.50. The molecule has 1 unspecified atom stereocenters. The lowest BCUT2D eigenvalue weighted by Gasteiger charge is -2.28. The maximum Gasteiger partial charge on any atom is 0.188 e. The van der Waals surface area contributed by atoms with Gasteiger partial charge in [0.1, 0.15) is 5.82 Å². The van der Waals surface area contributed by atoms with Crippen molar-refractivity contribution < 1.29 is 9.59 Å². The number of nitrogens with zero attached hydrogens (tertiary/aromatic N) is 1. The van der Waals surface area contributed by atoms with Crippen molar-refractivity contribution in [2.24, 2.45) is 0 Å². The number of Topliss-reactive ketones (excluding diaryl/α,β-unsaturated/α-hetero) is 2. The van der Waals surface area contributed by atoms with Crippen LogP contribution >= 0.6 is 0 Å². The zero-order valence-electron chi connectivity index (χ0n) is 10.4. The number of benzene rings is 1. The van der Waals surface area contributed by atoms with Crippen LogP contribution in [0.1, 0.15) is 28.7 Å². The van der Waals surface area contributed by atoms with Crippen molar-refractivity contribution in [2.45, 2.75) is 12.3 Å². The molecule has 1 atom stereocenters. The summed E-state index contributed by atoms with van der Waals surface area (Å²) in [6, 6.07) is 7.25. The Morgan fingerprint density at radius 3 is 2.79 bits per heavy atom. The van der Waals surface area contributed by atoms with Gasteiger partial charge in [-0.05, 0) is 12.5 Å². The summed E-state index contributed by atoms with van der Waals surface area (Å²) < 4.78 is 0. The average Bonchev–Trinajstić information content (AvgIpc) is 2.94. The number of rotatable bonds is 2. The zero-order chi connectivity index (χ0) is 13.5. The highest BCUT2D eigenvalue weighted by Crippen LogP contribution is 2.35. The molecule has 0 saturated carbocycles. The van der Waals surface area contributed by atoms with Crippen LogP contribution in [-0.2, 0) is 10.2 Å². The molecule has 94 valence electrons. The summed E-state index contributed by atoms with van der Waals surface area (Å²) in [7, 11) is 0. The molecule has 0 bridgehead atoms. The van der Waals surface area contributed by atoms with Crippen LogP contribution in [0.25, 0.3) is 6.08 Å². The van der Waals surface area contributed by atoms with Crippen molar-refractivity contribution in [3.63, 3.8) is 0 Å². The van der Waals surface area contributed by atoms with E-state index in [1.54, 1.807) is 36.7 Å². The predicted octanol–water partition coefficient (Wildman–Crippen LogP) is 2.15. The lowest BCUT2D eigenvalue weighted by Crippen LogP contribution is -2.43. The van der Waals surface area contributed by atoms with E-state index in [0.29, 0.717) is 11.4 Å². The van der Waals surface area contributed by atoms with E-state index in [2.05, 4.69) is 9.97 Å². The van der Waals surface area contributed by atoms with Gasteiger partial charge < -0.3 is 4.98 Å². The molecule has 0 spiro atoms. The second-order valence-corrected chi connectivity index (χ2v) is 4.55. The van der Waals surface area contributed by atoms with Crippen LogP contribution in [0.4, 0.5) is 0 Å². The number of H-pyrrole nitrogens is 1. The van der Waals surface area contributed by atoms with Crippen molar-refractivity contribution in [1.29, 1.82) is 0 Å². The molecule has 4 nitrogen and oxygen atoms in total. The molecule has 2 aromatic rings. The highest BCUT2D eigenvalue weighted by Gasteiger charge is 2.47. The summed E-state index contributed by atoms with van der Waals surface area (Å²) in [5.41, 5.74) is 0.0604. The quantitative estimate of drug-likeness (QED) is 0.833. The van der Waals surface area contributed by atoms with Gasteiger partial charge in [0, 0.05) is 18.0 Å². The van der Waals surface area contributed by atoms with Crippen LogP contribution in [-0.4, -0.2) is 21.5 Å². The van der Waals surface area contributed by atoms with Gasteiger partial charge in [0.15, 0.2) is 17.0 Å². The molecular weight excluding hydrogens is 240 g/mol. The number of hydrogen-bond acceptors (Lipinski definition) is 3. The van der Waals surface area contributed by atoms with Gasteiger partial charge in [-0.2, -0.15) is 0 Å². The van der Waals surface area contributed by atoms with Gasteiger partial charge in [-0.15, -0.1) is 0 Å². The van der Waals surface area contributed by atoms with Crippen LogP contribution < -0.4 is 0 Å². The summed E-state index contributed by atoms with van der Waals surface area (Å²) >= 11 is 0. The van der Waals surface area contributed by atoms with Gasteiger partial charge in [-0.25, -0.2) is 4.98 Å². The fourth-order valence-corrected chi connectivity index (χ4v) is 2.46. The van der Waals surface area contributed by atoms with Gasteiger partial charge in [-0.1, -0.05) is 36.4 Å². The first-order valence-electron chi connectivity index (χ1n) is 6.00. The SMILES string of the molecule is CC(=O)C1(c2ncc[nH]2)C=Cc2ccccc2C1=O. The molecule has 0 fully saturated rings. The number of imidazole rings is 1. The number of carbonyl (C=O) groups is 2. The number of nitrogens with one attached hydrogen (secondary N) is 1. The van der Waals surface area contributed by atoms with Crippen LogP contribution in [0.5, 0.6) is 0 Å². The number of ketones is 2. The van der Waals surface area contributed by atoms with Gasteiger partial charge in [-0.3, -0.25) is 9.59 Å². The standard InChI is InChI=1S/C15H12N2O2/c1-10(18)15(14-16-8-9-17-14)7-6-11-4-2-3-5-12(11)13(15)19/h2-9H,1H3,(H,16,17). The van der Waals surface area contributed by atoms with E-state index in [9.17, 15) is 9.59 Å². The van der Waals surface area contributed by atoms with E-state index in [-0.39, 0.29) is 11.6 Å². The van der Waals surface area contributed by atoms with Crippen LogP contribution in [0.2, 0.25) is 0 Å². The molecule has 0 aliphatic heterocycles. The van der Waals surface area contributed by atoms with Gasteiger partial charge in [0.2, 0.25) is 0 Å². The highest BCUT2D eigenvalue weighted by atomic mass is 16.2. The van der Waals surface area contributed by atoms with Gasteiger partial charge >= 0.3 is 0 Å². The van der Waals surface area contributed by atoms with E-state index in [1.807, 2.05) is 12.1 Å². The van der Waals surface area contributed by atoms with Crippen molar-refractivity contribution in [3.05, 3.63) is 59.7 Å². The number of carbonyl (C=O) groups excluding carboxylic acids is 2. The Balaban J connectivity index is 2.26. The molecule has 1 N–H and O–H groups in total. The Hall–Kier alpha value is -2.49. The van der Waals surface area contributed by atoms with E-state index in [4.69, 9.17) is 0 Å². The minimum absolute atomic E-state index is 0.229. The summed E-state index contributed by atoms with van der Waals surface area (Å²) in [4.78, 5) is 31.8. The lowest BCUT2D eigenvalue weighted by molar-refractivity contribution is -0.119. The molecule has 0 saturated heterocycles. The molecule has 19 heavy (non-hydrogen) atoms. The summed E-state index contributed by atoms with van der Waals surface area (Å²) in [6.07, 6.45) is 6.60. The molecular formula is C15H12N2O2. The molecule has 1 aliphatic rings. The van der Waals surface area contributed by atoms with Gasteiger partial charge in [0.05, 0.1) is 0 Å². The normalized spacial score (nSPS) is 21.2. The van der Waals surface area contributed by atoms with Crippen LogP contribution in [0.15, 0.2) is 42.7 Å². The number of aromatic nitrogens is 2. The van der Waals surface area contributed by atoms with E-state index in [0.717, 1.165) is 5.56 Å². The topological polar surface area (TPSA) is 62.8 Å². The highest BCUT2D eigenvalue weighted by molar-refractivity contribution is 6.23. The van der Waals surface area contributed by atoms with Crippen molar-refractivity contribution in [3.8, 4) is 0 Å². The van der Waals surface area contributed by atoms with Crippen molar-refractivity contribution in [2.75, 3.05) is 0 Å². The third-order valence-corrected chi connectivity index (χ3v) is 3.50. The predicted molar refractivity (Wildman–Crippen MR) is 70.8 cm³/mol. The molecule has 1 aromatic heterocycles. The smallest absolute Gasteiger partial charge is 0.188 e. The fraction of sp³-hybridized carbons (Fsp3) is 0.133. The molecule has 1 aromatic carbocycles. The van der Waals surface area contributed by atoms with E-state index >= 15 is 0 Å². The minimum Gasteiger partial charge on any atom is -0.347 e. The van der Waals surface area contributed by atoms with Crippen LogP contribution in [0.3, 0.4) is 0 Å². The average molecular weight is 252 g/mol. The minimum atomic E-state index is -1.32. The van der Waals surface area contributed by atoms with Crippen molar-refractivity contribution in [1.82, 2.24) is 9.97 Å². The molecule has 1 aliphatic carbocycles. The molecule has 4 heteroatoms. The van der Waals surface area contributed by atoms with Gasteiger partial charge in [0.25, 0.3) is 0 Å². The molecule has 3 rings (SSSR count). The molecule has 0 radical (unpaired) electrons. The second-order valence-electron chi connectivity index (χ2n) is 4.55. The summed E-state index contributed by atoms with van der Waals surface area (Å²) in [6.45, 7) is 1.42. The third-order valence-electron chi connectivity index (χ3n) is 3.50. The molecule has 1 heterocycles. The Bertz CT molecular complexity index is 686. The maximum absolute atomic E-state index is 12.7. The summed E-state index contributed by atoms with van der Waals surface area (Å²) in [5, 5.41) is 0. The van der Waals surface area contributed by atoms with E-state index in [1.165, 1.54) is 6.92 Å². The first-order valence-corrected chi connectivity index (χ1v) is 6.00. The Morgan fingerprint density at radius 2 is 2.11 bits per heavy atom. The first-order chi connectivity index (χ1) is 9.16. The maximum atomic E-state index is 12.7. The Morgan fingerprint density at radius 1 is 1.32 bits per heavy atom. The van der Waals surface area contributed by atoms with Crippen molar-refractivity contribution >= 4 is 17.6 Å². The number of hydrogen-bond donors (Lipinski definition) is 1. The lowest BCUT2D eigenvalue weighted by atomic mass is 9.72. The first kappa shape index (κ1) is 11.6. The van der Waals surface area contributed by atoms with E-state index < -0.39 is 5.41 Å². The number of allylic oxidation sites excluding steroid dienone is 1. The fourth-order valence-electron chi connectivity index (χ4n) is 2.46. The zero-order valence-corrected chi connectivity index (χ0v) is 10.4. The number of fused-ring (bicyclic) bond motifs is 1.